The van der Waals surface area contributed by atoms with Crippen molar-refractivity contribution in [2.75, 3.05) is 6.61 Å². The molecule has 0 atom stereocenters. The zero-order valence-electron chi connectivity index (χ0n) is 29.0. The number of carboxylic acid groups (broad SMARTS) is 1. The molecule has 56 heavy (non-hydrogen) atoms. The van der Waals surface area contributed by atoms with Gasteiger partial charge in [-0.15, -0.1) is 0 Å². The summed E-state index contributed by atoms with van der Waals surface area (Å²) in [5.74, 6) is -1.95. The number of sulfonamides is 2. The van der Waals surface area contributed by atoms with E-state index in [1.165, 1.54) is 52.4 Å². The average Bonchev–Trinajstić information content (AvgIpc) is 3.70. The Kier molecular flexibility index (Phi) is 14.8. The number of fused-ring (bicyclic) bond motifs is 2. The fourth-order valence-corrected chi connectivity index (χ4v) is 7.02. The minimum atomic E-state index is -4.06. The maximum atomic E-state index is 12.0. The molecule has 0 saturated heterocycles. The minimum absolute atomic E-state index is 0. The van der Waals surface area contributed by atoms with Crippen molar-refractivity contribution in [1.29, 1.82) is 10.5 Å². The van der Waals surface area contributed by atoms with Crippen molar-refractivity contribution < 1.29 is 71.3 Å². The number of carbonyl (C=O) groups excluding carboxylic acids is 1. The number of hydrogen-bond donors (Lipinski definition) is 3. The normalized spacial score (nSPS) is 11.0. The molecule has 0 aliphatic carbocycles. The van der Waals surface area contributed by atoms with E-state index < -0.39 is 32.0 Å². The Morgan fingerprint density at radius 1 is 0.786 bits per heavy atom. The van der Waals surface area contributed by atoms with Crippen molar-refractivity contribution in [2.24, 2.45) is 10.3 Å². The van der Waals surface area contributed by atoms with E-state index in [1.54, 1.807) is 31.2 Å². The van der Waals surface area contributed by atoms with E-state index in [-0.39, 0.29) is 98.1 Å². The maximum Gasteiger partial charge on any atom is 1.00 e. The second kappa shape index (κ2) is 18.3. The van der Waals surface area contributed by atoms with E-state index in [0.29, 0.717) is 31.9 Å². The summed E-state index contributed by atoms with van der Waals surface area (Å²) in [7, 11) is -8.11. The molecule has 6 N–H and O–H groups in total. The van der Waals surface area contributed by atoms with Crippen LogP contribution < -0.4 is 39.8 Å². The Morgan fingerprint density at radius 3 is 1.55 bits per heavy atom. The van der Waals surface area contributed by atoms with E-state index in [9.17, 15) is 31.7 Å². The number of rotatable bonds is 9. The molecule has 0 spiro atoms. The summed E-state index contributed by atoms with van der Waals surface area (Å²) in [6.07, 6.45) is 5.20. The van der Waals surface area contributed by atoms with Crippen LogP contribution in [0.25, 0.3) is 21.8 Å². The second-order valence-corrected chi connectivity index (χ2v) is 15.1. The molecule has 284 valence electrons. The van der Waals surface area contributed by atoms with Gasteiger partial charge in [0.1, 0.15) is 33.1 Å². The van der Waals surface area contributed by atoms with Gasteiger partial charge in [-0.2, -0.15) is 20.7 Å². The molecule has 0 aliphatic rings. The van der Waals surface area contributed by atoms with Gasteiger partial charge < -0.3 is 15.3 Å². The van der Waals surface area contributed by atoms with Gasteiger partial charge in [0.2, 0.25) is 20.0 Å². The summed E-state index contributed by atoms with van der Waals surface area (Å²) in [6, 6.07) is 12.7. The van der Waals surface area contributed by atoms with Crippen LogP contribution in [0.4, 0.5) is 0 Å². The van der Waals surface area contributed by atoms with Gasteiger partial charge in [-0.3, -0.25) is 19.3 Å². The molecule has 4 aromatic heterocycles. The molecule has 6 aromatic rings. The van der Waals surface area contributed by atoms with E-state index in [2.05, 4.69) is 20.2 Å². The quantitative estimate of drug-likeness (QED) is 0.127. The number of benzene rings is 2. The molecular formula is C32H25Cl2N10NaO9S2. The third-order valence-electron chi connectivity index (χ3n) is 7.31. The first-order valence-corrected chi connectivity index (χ1v) is 18.8. The van der Waals surface area contributed by atoms with Crippen LogP contribution in [0.5, 0.6) is 0 Å². The number of nitrogens with two attached hydrogens (primary N) is 2. The van der Waals surface area contributed by atoms with E-state index >= 15 is 0 Å². The predicted octanol–water partition coefficient (Wildman–Crippen LogP) is 0.00626. The molecule has 0 fully saturated rings. The molecule has 0 amide bonds. The summed E-state index contributed by atoms with van der Waals surface area (Å²) in [5, 5.41) is 47.3. The third-order valence-corrected chi connectivity index (χ3v) is 9.57. The first-order chi connectivity index (χ1) is 25.4. The standard InChI is InChI=1S/C17H14ClN5O4S.C15H10ClN5O4S.Na.H2O/c1-2-27-17(24)13-9-23(22-14(13)6-19)8-10-3-11-5-12(18)7-21-16(11)15(4-10)28(20,25)26;16-10-3-9-1-8(2-13(26(18,24)25)14(9)19-5-10)6-21-7-11(15(22)23)12(4-17)20-21;;/h3-5,7,9H,2,8H2,1H3,(H2,20,25,26);1-3,5,7H,6H2,(H,22,23)(H2,18,24,25);;1H2/q;;+1;/p-1. The topological polar surface area (TPSA) is 323 Å². The number of pyridine rings is 2. The Balaban J connectivity index is 0.000000291. The van der Waals surface area contributed by atoms with E-state index in [0.717, 1.165) is 0 Å². The molecule has 0 saturated carbocycles. The van der Waals surface area contributed by atoms with E-state index in [1.807, 2.05) is 6.07 Å². The van der Waals surface area contributed by atoms with Crippen LogP contribution in [0.15, 0.2) is 71.0 Å². The van der Waals surface area contributed by atoms with Crippen LogP contribution in [0.2, 0.25) is 10.0 Å². The fraction of sp³-hybridized carbons (Fsp3) is 0.125. The summed E-state index contributed by atoms with van der Waals surface area (Å²) >= 11 is 11.9. The number of carbonyl (C=O) groups is 2. The zero-order chi connectivity index (χ0) is 39.5. The van der Waals surface area contributed by atoms with Gasteiger partial charge in [0.05, 0.1) is 40.8 Å². The second-order valence-electron chi connectivity index (χ2n) is 11.2. The van der Waals surface area contributed by atoms with Crippen LogP contribution in [-0.4, -0.2) is 75.5 Å². The third kappa shape index (κ3) is 10.4. The van der Waals surface area contributed by atoms with Crippen molar-refractivity contribution in [3.05, 3.63) is 105 Å². The van der Waals surface area contributed by atoms with Crippen LogP contribution >= 0.6 is 23.2 Å². The number of nitrogens with zero attached hydrogens (tertiary/aromatic N) is 8. The van der Waals surface area contributed by atoms with Gasteiger partial charge in [0.15, 0.2) is 11.4 Å². The largest absolute Gasteiger partial charge is 1.00 e. The Morgan fingerprint density at radius 2 is 1.20 bits per heavy atom. The average molecular weight is 852 g/mol. The molecule has 19 nitrogen and oxygen atoms in total. The molecular weight excluding hydrogens is 826 g/mol. The number of ether oxygens (including phenoxy) is 1. The number of hydrogen-bond acceptors (Lipinski definition) is 14. The molecule has 4 heterocycles. The van der Waals surface area contributed by atoms with Gasteiger partial charge >= 0.3 is 41.5 Å². The van der Waals surface area contributed by atoms with Gasteiger partial charge in [-0.1, -0.05) is 23.2 Å². The summed E-state index contributed by atoms with van der Waals surface area (Å²) in [5.41, 5.74) is 0.806. The zero-order valence-corrected chi connectivity index (χ0v) is 34.1. The number of esters is 1. The van der Waals surface area contributed by atoms with Crippen molar-refractivity contribution in [3.8, 4) is 12.1 Å². The van der Waals surface area contributed by atoms with Crippen molar-refractivity contribution in [3.63, 3.8) is 0 Å². The van der Waals surface area contributed by atoms with Crippen LogP contribution in [0.3, 0.4) is 0 Å². The summed E-state index contributed by atoms with van der Waals surface area (Å²) in [6.45, 7) is 1.91. The molecule has 0 unspecified atom stereocenters. The first-order valence-electron chi connectivity index (χ1n) is 15.0. The van der Waals surface area contributed by atoms with E-state index in [4.69, 9.17) is 48.6 Å². The smallest absolute Gasteiger partial charge is 0.870 e. The number of aromatic nitrogens is 6. The van der Waals surface area contributed by atoms with Crippen LogP contribution in [-0.2, 0) is 37.9 Å². The minimum Gasteiger partial charge on any atom is -0.870 e. The predicted molar refractivity (Wildman–Crippen MR) is 193 cm³/mol. The van der Waals surface area contributed by atoms with Crippen LogP contribution in [0.1, 0.15) is 50.2 Å². The maximum absolute atomic E-state index is 12.0. The van der Waals surface area contributed by atoms with Gasteiger partial charge in [0, 0.05) is 35.6 Å². The van der Waals surface area contributed by atoms with Gasteiger partial charge in [-0.05, 0) is 54.4 Å². The van der Waals surface area contributed by atoms with Gasteiger partial charge in [-0.25, -0.2) is 36.7 Å². The van der Waals surface area contributed by atoms with Crippen molar-refractivity contribution in [1.82, 2.24) is 29.5 Å². The van der Waals surface area contributed by atoms with Crippen LogP contribution in [0, 0.1) is 22.7 Å². The molecule has 6 rings (SSSR count). The molecule has 24 heteroatoms. The van der Waals surface area contributed by atoms with Crippen molar-refractivity contribution in [2.45, 2.75) is 29.8 Å². The Labute approximate surface area is 349 Å². The first kappa shape index (κ1) is 45.4. The number of carboxylic acids is 1. The number of nitriles is 2. The van der Waals surface area contributed by atoms with Crippen molar-refractivity contribution >= 4 is 77.0 Å². The molecule has 0 bridgehead atoms. The number of primary sulfonamides is 2. The Hall–Kier alpha value is -5.04. The molecule has 2 aromatic carbocycles. The number of halogens is 2. The molecule has 0 radical (unpaired) electrons. The van der Waals surface area contributed by atoms with Gasteiger partial charge in [0.25, 0.3) is 0 Å². The number of aromatic carboxylic acids is 1. The summed E-state index contributed by atoms with van der Waals surface area (Å²) < 4.78 is 55.2. The summed E-state index contributed by atoms with van der Waals surface area (Å²) in [4.78, 5) is 30.8. The Bertz CT molecular complexity index is 2820. The molecule has 0 aliphatic heterocycles. The monoisotopic (exact) mass is 850 g/mol. The fourth-order valence-electron chi connectivity index (χ4n) is 5.17. The SMILES string of the molecule is CCOC(=O)c1cn(Cc2cc(S(N)(=O)=O)c3ncc(Cl)cc3c2)nc1C#N.N#Cc1nn(Cc2cc(S(N)(=O)=O)c3ncc(Cl)cc3c2)cc1C(=O)O.[Na+].[OH-].